The first-order valence-corrected chi connectivity index (χ1v) is 21.0. The number of benzene rings is 1. The van der Waals surface area contributed by atoms with Gasteiger partial charge in [0.15, 0.2) is 0 Å². The van der Waals surface area contributed by atoms with Crippen molar-refractivity contribution in [1.82, 2.24) is 28.8 Å². The molecule has 0 spiro atoms. The Morgan fingerprint density at radius 2 is 1.70 bits per heavy atom. The van der Waals surface area contributed by atoms with Crippen LogP contribution >= 0.6 is 0 Å². The van der Waals surface area contributed by atoms with Crippen LogP contribution in [-0.4, -0.2) is 55.0 Å². The van der Waals surface area contributed by atoms with Gasteiger partial charge in [-0.3, -0.25) is 14.3 Å². The van der Waals surface area contributed by atoms with Crippen molar-refractivity contribution in [3.05, 3.63) is 75.9 Å². The molecule has 1 aliphatic heterocycles. The standard InChI is InChI=1S/C44H61F3N6O3/c1-6-7-8-9-10-11-12-13-14-15-21-38(41(55)56-5)53-35(28-51-22-17-18-31(2)27-51)24-36-37(44(45,46)47)29-52(40(54)39(36)53)34-20-16-19-33(23-34)43(25-32(3)26-43)42-49-48-30-50(42)4/h16,19-20,23-24,29-32,38H,6-15,17-18,21-22,25-28H2,1-5H3/t31-,32?,38?,43?/m0/s1. The molecule has 4 aromatic rings. The van der Waals surface area contributed by atoms with Gasteiger partial charge in [0, 0.05) is 43.1 Å². The fraction of sp³-hybridized carbons (Fsp3) is 0.636. The Morgan fingerprint density at radius 1 is 1.00 bits per heavy atom. The number of aryl methyl sites for hydroxylation is 1. The first kappa shape index (κ1) is 41.7. The van der Waals surface area contributed by atoms with Crippen LogP contribution in [0.2, 0.25) is 0 Å². The highest BCUT2D eigenvalue weighted by atomic mass is 19.4. The van der Waals surface area contributed by atoms with Gasteiger partial charge in [0.05, 0.1) is 18.1 Å². The molecule has 6 rings (SSSR count). The number of hydrogen-bond acceptors (Lipinski definition) is 6. The van der Waals surface area contributed by atoms with Gasteiger partial charge in [-0.2, -0.15) is 13.2 Å². The van der Waals surface area contributed by atoms with Crippen molar-refractivity contribution < 1.29 is 22.7 Å². The molecule has 0 amide bonds. The molecule has 2 fully saturated rings. The third kappa shape index (κ3) is 8.95. The number of methoxy groups -OCH3 is 1. The van der Waals surface area contributed by atoms with E-state index < -0.39 is 34.7 Å². The normalized spacial score (nSPS) is 21.0. The minimum Gasteiger partial charge on any atom is -0.467 e. The number of carbonyl (C=O) groups is 1. The average Bonchev–Trinajstić information content (AvgIpc) is 3.75. The number of pyridine rings is 1. The summed E-state index contributed by atoms with van der Waals surface area (Å²) in [5.41, 5.74) is -0.394. The van der Waals surface area contributed by atoms with E-state index in [1.54, 1.807) is 23.0 Å². The molecule has 1 unspecified atom stereocenters. The molecule has 9 nitrogen and oxygen atoms in total. The van der Waals surface area contributed by atoms with Crippen LogP contribution in [0.15, 0.2) is 47.7 Å². The van der Waals surface area contributed by atoms with E-state index in [-0.39, 0.29) is 10.9 Å². The summed E-state index contributed by atoms with van der Waals surface area (Å²) in [4.78, 5) is 30.9. The number of ether oxygens (including phenoxy) is 1. The Balaban J connectivity index is 1.43. The number of alkyl halides is 3. The molecule has 2 atom stereocenters. The van der Waals surface area contributed by atoms with Gasteiger partial charge < -0.3 is 13.9 Å². The number of unbranched alkanes of at least 4 members (excludes halogenated alkanes) is 9. The Bertz CT molecular complexity index is 1990. The van der Waals surface area contributed by atoms with Crippen LogP contribution < -0.4 is 5.56 Å². The van der Waals surface area contributed by atoms with E-state index in [9.17, 15) is 9.59 Å². The van der Waals surface area contributed by atoms with Gasteiger partial charge in [-0.05, 0) is 74.2 Å². The topological polar surface area (TPSA) is 87.2 Å². The van der Waals surface area contributed by atoms with Crippen molar-refractivity contribution in [3.8, 4) is 5.69 Å². The predicted molar refractivity (Wildman–Crippen MR) is 214 cm³/mol. The van der Waals surface area contributed by atoms with Gasteiger partial charge in [0.2, 0.25) is 0 Å². The second-order valence-electron chi connectivity index (χ2n) is 16.9. The maximum Gasteiger partial charge on any atom is 0.418 e. The molecule has 0 radical (unpaired) electrons. The summed E-state index contributed by atoms with van der Waals surface area (Å²) in [6.45, 7) is 8.47. The molecule has 2 aliphatic rings. The number of esters is 1. The summed E-state index contributed by atoms with van der Waals surface area (Å²) in [5, 5.41) is 8.38. The van der Waals surface area contributed by atoms with Crippen LogP contribution in [0.3, 0.4) is 0 Å². The highest BCUT2D eigenvalue weighted by Gasteiger charge is 2.48. The highest BCUT2D eigenvalue weighted by Crippen LogP contribution is 2.51. The first-order valence-electron chi connectivity index (χ1n) is 21.0. The molecule has 3 aromatic heterocycles. The zero-order chi connectivity index (χ0) is 40.0. The third-order valence-corrected chi connectivity index (χ3v) is 12.3. The maximum atomic E-state index is 15.2. The lowest BCUT2D eigenvalue weighted by Gasteiger charge is -2.46. The van der Waals surface area contributed by atoms with Crippen molar-refractivity contribution in [2.45, 2.75) is 141 Å². The Labute approximate surface area is 329 Å². The lowest BCUT2D eigenvalue weighted by Crippen LogP contribution is -2.43. The van der Waals surface area contributed by atoms with Gasteiger partial charge >= 0.3 is 12.1 Å². The molecule has 12 heteroatoms. The number of piperidine rings is 1. The number of rotatable bonds is 18. The highest BCUT2D eigenvalue weighted by molar-refractivity contribution is 5.87. The second-order valence-corrected chi connectivity index (χ2v) is 16.9. The molecule has 4 heterocycles. The summed E-state index contributed by atoms with van der Waals surface area (Å²) in [6.07, 6.45) is 12.9. The summed E-state index contributed by atoms with van der Waals surface area (Å²) >= 11 is 0. The summed E-state index contributed by atoms with van der Waals surface area (Å²) < 4.78 is 55.6. The number of nitrogens with zero attached hydrogens (tertiary/aromatic N) is 6. The van der Waals surface area contributed by atoms with Crippen LogP contribution in [0, 0.1) is 11.8 Å². The van der Waals surface area contributed by atoms with Crippen LogP contribution in [0.5, 0.6) is 0 Å². The van der Waals surface area contributed by atoms with Crippen LogP contribution in [0.25, 0.3) is 16.6 Å². The molecule has 1 saturated heterocycles. The summed E-state index contributed by atoms with van der Waals surface area (Å²) in [7, 11) is 3.20. The summed E-state index contributed by atoms with van der Waals surface area (Å²) in [5.74, 6) is 1.08. The van der Waals surface area contributed by atoms with E-state index in [1.165, 1.54) is 51.7 Å². The number of carbonyl (C=O) groups excluding carboxylic acids is 1. The van der Waals surface area contributed by atoms with Gasteiger partial charge in [0.1, 0.15) is 23.7 Å². The van der Waals surface area contributed by atoms with Crippen molar-refractivity contribution in [2.24, 2.45) is 18.9 Å². The van der Waals surface area contributed by atoms with E-state index in [0.717, 1.165) is 80.2 Å². The van der Waals surface area contributed by atoms with E-state index in [2.05, 4.69) is 35.9 Å². The summed E-state index contributed by atoms with van der Waals surface area (Å²) in [6, 6.07) is 7.80. The number of likely N-dealkylation sites (tertiary alicyclic amines) is 1. The van der Waals surface area contributed by atoms with E-state index in [1.807, 2.05) is 23.7 Å². The molecule has 1 aliphatic carbocycles. The SMILES string of the molecule is CCCCCCCCCCCCC(C(=O)OC)n1c(CN2CCC[C@H](C)C2)cc2c(C(F)(F)F)cn(-c3cccc(C4(c5nncn5C)CC(C)C4)c3)c(=O)c21. The molecular weight excluding hydrogens is 718 g/mol. The Kier molecular flexibility index (Phi) is 13.5. The van der Waals surface area contributed by atoms with Gasteiger partial charge in [-0.1, -0.05) is 97.1 Å². The number of fused-ring (bicyclic) bond motifs is 1. The molecule has 0 bridgehead atoms. The Hall–Kier alpha value is -3.93. The molecule has 56 heavy (non-hydrogen) atoms. The maximum absolute atomic E-state index is 15.2. The van der Waals surface area contributed by atoms with Crippen molar-refractivity contribution in [2.75, 3.05) is 20.2 Å². The minimum atomic E-state index is -4.77. The van der Waals surface area contributed by atoms with Crippen LogP contribution in [0.4, 0.5) is 13.2 Å². The van der Waals surface area contributed by atoms with E-state index in [4.69, 9.17) is 4.74 Å². The second kappa shape index (κ2) is 18.1. The molecule has 306 valence electrons. The van der Waals surface area contributed by atoms with Crippen molar-refractivity contribution >= 4 is 16.9 Å². The average molecular weight is 779 g/mol. The molecular formula is C44H61F3N6O3. The van der Waals surface area contributed by atoms with Gasteiger partial charge in [0.25, 0.3) is 5.56 Å². The monoisotopic (exact) mass is 778 g/mol. The number of aromatic nitrogens is 5. The predicted octanol–water partition coefficient (Wildman–Crippen LogP) is 9.91. The molecule has 1 saturated carbocycles. The van der Waals surface area contributed by atoms with Crippen LogP contribution in [-0.2, 0) is 34.7 Å². The fourth-order valence-electron chi connectivity index (χ4n) is 9.59. The number of halogens is 3. The van der Waals surface area contributed by atoms with Crippen molar-refractivity contribution in [3.63, 3.8) is 0 Å². The minimum absolute atomic E-state index is 0.118. The zero-order valence-electron chi connectivity index (χ0n) is 34.0. The molecule has 0 N–H and O–H groups in total. The Morgan fingerprint density at radius 3 is 2.30 bits per heavy atom. The smallest absolute Gasteiger partial charge is 0.418 e. The lowest BCUT2D eigenvalue weighted by atomic mass is 9.58. The van der Waals surface area contributed by atoms with E-state index in [0.29, 0.717) is 42.6 Å². The molecule has 1 aromatic carbocycles. The van der Waals surface area contributed by atoms with Crippen molar-refractivity contribution in [1.29, 1.82) is 0 Å². The third-order valence-electron chi connectivity index (χ3n) is 12.3. The van der Waals surface area contributed by atoms with Gasteiger partial charge in [-0.15, -0.1) is 10.2 Å². The van der Waals surface area contributed by atoms with Gasteiger partial charge in [-0.25, -0.2) is 4.79 Å². The lowest BCUT2D eigenvalue weighted by molar-refractivity contribution is -0.144. The largest absolute Gasteiger partial charge is 0.467 e. The van der Waals surface area contributed by atoms with Crippen LogP contribution in [0.1, 0.15) is 146 Å². The fourth-order valence-corrected chi connectivity index (χ4v) is 9.59. The number of hydrogen-bond donors (Lipinski definition) is 0. The quantitative estimate of drug-likeness (QED) is 0.0739. The zero-order valence-corrected chi connectivity index (χ0v) is 34.0. The first-order chi connectivity index (χ1) is 26.9. The van der Waals surface area contributed by atoms with E-state index >= 15 is 13.2 Å².